The predicted octanol–water partition coefficient (Wildman–Crippen LogP) is 4.38. The standard InChI is InChI=1S/C21H23N3O/c1-4-16(3)22-21(25)19-14-24(18-12-10-15(2)11-13-18)23-20(19)17-8-6-5-7-9-17/h5-14,16H,4H2,1-3H3,(H,22,25). The van der Waals surface area contributed by atoms with Gasteiger partial charge in [0.25, 0.3) is 5.91 Å². The zero-order valence-electron chi connectivity index (χ0n) is 14.9. The first-order valence-corrected chi connectivity index (χ1v) is 8.61. The molecule has 0 saturated carbocycles. The number of carbonyl (C=O) groups is 1. The number of hydrogen-bond acceptors (Lipinski definition) is 2. The van der Waals surface area contributed by atoms with Crippen LogP contribution in [-0.2, 0) is 0 Å². The predicted molar refractivity (Wildman–Crippen MR) is 101 cm³/mol. The fourth-order valence-corrected chi connectivity index (χ4v) is 2.58. The zero-order valence-corrected chi connectivity index (χ0v) is 14.9. The third-order valence-electron chi connectivity index (χ3n) is 4.29. The van der Waals surface area contributed by atoms with Gasteiger partial charge in [-0.25, -0.2) is 4.68 Å². The Hall–Kier alpha value is -2.88. The monoisotopic (exact) mass is 333 g/mol. The van der Waals surface area contributed by atoms with Crippen LogP contribution >= 0.6 is 0 Å². The van der Waals surface area contributed by atoms with Gasteiger partial charge in [0.05, 0.1) is 11.3 Å². The molecule has 0 aliphatic heterocycles. The molecule has 1 heterocycles. The maximum absolute atomic E-state index is 12.7. The first-order valence-electron chi connectivity index (χ1n) is 8.61. The lowest BCUT2D eigenvalue weighted by atomic mass is 10.1. The highest BCUT2D eigenvalue weighted by Crippen LogP contribution is 2.24. The number of nitrogens with zero attached hydrogens (tertiary/aromatic N) is 2. The lowest BCUT2D eigenvalue weighted by Crippen LogP contribution is -2.32. The van der Waals surface area contributed by atoms with Gasteiger partial charge in [-0.15, -0.1) is 0 Å². The fraction of sp³-hybridized carbons (Fsp3) is 0.238. The Morgan fingerprint density at radius 1 is 1.12 bits per heavy atom. The molecule has 0 fully saturated rings. The van der Waals surface area contributed by atoms with E-state index in [2.05, 4.69) is 12.2 Å². The number of aryl methyl sites for hydroxylation is 1. The molecular formula is C21H23N3O. The van der Waals surface area contributed by atoms with E-state index in [1.165, 1.54) is 5.56 Å². The molecule has 25 heavy (non-hydrogen) atoms. The SMILES string of the molecule is CCC(C)NC(=O)c1cn(-c2ccc(C)cc2)nc1-c1ccccc1. The van der Waals surface area contributed by atoms with Gasteiger partial charge in [0.2, 0.25) is 0 Å². The topological polar surface area (TPSA) is 46.9 Å². The average Bonchev–Trinajstić information content (AvgIpc) is 3.08. The van der Waals surface area contributed by atoms with Crippen LogP contribution in [0.4, 0.5) is 0 Å². The maximum Gasteiger partial charge on any atom is 0.255 e. The van der Waals surface area contributed by atoms with E-state index >= 15 is 0 Å². The number of nitrogens with one attached hydrogen (secondary N) is 1. The molecule has 0 bridgehead atoms. The van der Waals surface area contributed by atoms with Crippen LogP contribution in [0, 0.1) is 6.92 Å². The van der Waals surface area contributed by atoms with Gasteiger partial charge in [0, 0.05) is 17.8 Å². The highest BCUT2D eigenvalue weighted by atomic mass is 16.1. The quantitative estimate of drug-likeness (QED) is 0.753. The lowest BCUT2D eigenvalue weighted by Gasteiger charge is -2.11. The third kappa shape index (κ3) is 3.79. The Balaban J connectivity index is 2.05. The van der Waals surface area contributed by atoms with Crippen LogP contribution in [0.5, 0.6) is 0 Å². The maximum atomic E-state index is 12.7. The molecule has 2 aromatic carbocycles. The molecule has 1 unspecified atom stereocenters. The van der Waals surface area contributed by atoms with E-state index in [9.17, 15) is 4.79 Å². The summed E-state index contributed by atoms with van der Waals surface area (Å²) in [6.45, 7) is 6.11. The van der Waals surface area contributed by atoms with E-state index in [-0.39, 0.29) is 11.9 Å². The summed E-state index contributed by atoms with van der Waals surface area (Å²) in [7, 11) is 0. The van der Waals surface area contributed by atoms with Crippen molar-refractivity contribution >= 4 is 5.91 Å². The molecule has 0 aliphatic rings. The summed E-state index contributed by atoms with van der Waals surface area (Å²) in [5, 5.41) is 7.73. The summed E-state index contributed by atoms with van der Waals surface area (Å²) in [5.41, 5.74) is 4.34. The molecule has 4 nitrogen and oxygen atoms in total. The second-order valence-corrected chi connectivity index (χ2v) is 6.32. The van der Waals surface area contributed by atoms with Crippen molar-refractivity contribution < 1.29 is 4.79 Å². The van der Waals surface area contributed by atoms with E-state index in [0.29, 0.717) is 11.3 Å². The molecule has 0 saturated heterocycles. The number of aromatic nitrogens is 2. The second-order valence-electron chi connectivity index (χ2n) is 6.32. The van der Waals surface area contributed by atoms with Crippen molar-refractivity contribution in [1.82, 2.24) is 15.1 Å². The number of carbonyl (C=O) groups excluding carboxylic acids is 1. The van der Waals surface area contributed by atoms with Gasteiger partial charge in [-0.3, -0.25) is 4.79 Å². The number of rotatable bonds is 5. The molecule has 0 spiro atoms. The van der Waals surface area contributed by atoms with Gasteiger partial charge in [-0.05, 0) is 32.4 Å². The molecular weight excluding hydrogens is 310 g/mol. The first-order chi connectivity index (χ1) is 12.1. The summed E-state index contributed by atoms with van der Waals surface area (Å²) in [6.07, 6.45) is 2.70. The molecule has 4 heteroatoms. The minimum absolute atomic E-state index is 0.0911. The van der Waals surface area contributed by atoms with Crippen molar-refractivity contribution in [3.8, 4) is 16.9 Å². The minimum Gasteiger partial charge on any atom is -0.349 e. The van der Waals surface area contributed by atoms with Gasteiger partial charge in [0.1, 0.15) is 5.69 Å². The van der Waals surface area contributed by atoms with Crippen molar-refractivity contribution in [2.24, 2.45) is 0 Å². The smallest absolute Gasteiger partial charge is 0.255 e. The van der Waals surface area contributed by atoms with Crippen LogP contribution in [-0.4, -0.2) is 21.7 Å². The Bertz CT molecular complexity index is 851. The highest BCUT2D eigenvalue weighted by molar-refractivity contribution is 6.00. The van der Waals surface area contributed by atoms with Crippen molar-refractivity contribution in [3.63, 3.8) is 0 Å². The lowest BCUT2D eigenvalue weighted by molar-refractivity contribution is 0.0940. The van der Waals surface area contributed by atoms with Crippen LogP contribution in [0.3, 0.4) is 0 Å². The van der Waals surface area contributed by atoms with E-state index in [4.69, 9.17) is 5.10 Å². The second kappa shape index (κ2) is 7.34. The van der Waals surface area contributed by atoms with Gasteiger partial charge < -0.3 is 5.32 Å². The molecule has 3 rings (SSSR count). The summed E-state index contributed by atoms with van der Waals surface area (Å²) in [5.74, 6) is -0.0911. The zero-order chi connectivity index (χ0) is 17.8. The van der Waals surface area contributed by atoms with Crippen molar-refractivity contribution in [1.29, 1.82) is 0 Å². The largest absolute Gasteiger partial charge is 0.349 e. The van der Waals surface area contributed by atoms with Gasteiger partial charge in [-0.2, -0.15) is 5.10 Å². The third-order valence-corrected chi connectivity index (χ3v) is 4.29. The Morgan fingerprint density at radius 2 is 1.80 bits per heavy atom. The average molecular weight is 333 g/mol. The molecule has 1 amide bonds. The molecule has 1 atom stereocenters. The van der Waals surface area contributed by atoms with E-state index in [1.807, 2.05) is 74.6 Å². The van der Waals surface area contributed by atoms with Crippen LogP contribution < -0.4 is 5.32 Å². The van der Waals surface area contributed by atoms with Crippen molar-refractivity contribution in [2.75, 3.05) is 0 Å². The minimum atomic E-state index is -0.0911. The Morgan fingerprint density at radius 3 is 2.44 bits per heavy atom. The Kier molecular flexibility index (Phi) is 4.98. The summed E-state index contributed by atoms with van der Waals surface area (Å²) in [6, 6.07) is 18.0. The van der Waals surface area contributed by atoms with Gasteiger partial charge in [-0.1, -0.05) is 55.0 Å². The van der Waals surface area contributed by atoms with E-state index in [0.717, 1.165) is 17.7 Å². The summed E-state index contributed by atoms with van der Waals surface area (Å²) in [4.78, 5) is 12.7. The van der Waals surface area contributed by atoms with Gasteiger partial charge in [0.15, 0.2) is 0 Å². The highest BCUT2D eigenvalue weighted by Gasteiger charge is 2.19. The summed E-state index contributed by atoms with van der Waals surface area (Å²) < 4.78 is 1.77. The van der Waals surface area contributed by atoms with Crippen LogP contribution in [0.25, 0.3) is 16.9 Å². The number of benzene rings is 2. The first kappa shape index (κ1) is 17.0. The van der Waals surface area contributed by atoms with E-state index < -0.39 is 0 Å². The molecule has 0 aliphatic carbocycles. The van der Waals surface area contributed by atoms with Crippen molar-refractivity contribution in [3.05, 3.63) is 71.9 Å². The van der Waals surface area contributed by atoms with Crippen LogP contribution in [0.15, 0.2) is 60.8 Å². The number of amides is 1. The fourth-order valence-electron chi connectivity index (χ4n) is 2.58. The summed E-state index contributed by atoms with van der Waals surface area (Å²) >= 11 is 0. The molecule has 1 aromatic heterocycles. The van der Waals surface area contributed by atoms with Gasteiger partial charge >= 0.3 is 0 Å². The van der Waals surface area contributed by atoms with E-state index in [1.54, 1.807) is 4.68 Å². The molecule has 1 N–H and O–H groups in total. The normalized spacial score (nSPS) is 12.0. The Labute approximate surface area is 148 Å². The molecule has 0 radical (unpaired) electrons. The molecule has 3 aromatic rings. The van der Waals surface area contributed by atoms with Crippen molar-refractivity contribution in [2.45, 2.75) is 33.2 Å². The van der Waals surface area contributed by atoms with Crippen LogP contribution in [0.2, 0.25) is 0 Å². The number of hydrogen-bond donors (Lipinski definition) is 1. The molecule has 128 valence electrons. The van der Waals surface area contributed by atoms with Crippen LogP contribution in [0.1, 0.15) is 36.2 Å².